The molecule has 1 aliphatic heterocycles. The van der Waals surface area contributed by atoms with Gasteiger partial charge >= 0.3 is 6.18 Å². The van der Waals surface area contributed by atoms with E-state index in [-0.39, 0.29) is 29.1 Å². The normalized spacial score (nSPS) is 16.9. The maximum atomic E-state index is 13.5. The Morgan fingerprint density at radius 1 is 1.16 bits per heavy atom. The predicted octanol–water partition coefficient (Wildman–Crippen LogP) is 6.20. The van der Waals surface area contributed by atoms with Gasteiger partial charge in [0.1, 0.15) is 0 Å². The van der Waals surface area contributed by atoms with Crippen molar-refractivity contribution in [3.05, 3.63) is 69.2 Å². The highest BCUT2D eigenvalue weighted by molar-refractivity contribution is 8.18. The number of nitrogens with one attached hydrogen (secondary N) is 2. The third-order valence-electron chi connectivity index (χ3n) is 6.81. The van der Waals surface area contributed by atoms with E-state index in [1.807, 2.05) is 13.1 Å². The molecule has 0 radical (unpaired) electrons. The molecule has 6 nitrogen and oxygen atoms in total. The topological polar surface area (TPSA) is 71.3 Å². The fourth-order valence-corrected chi connectivity index (χ4v) is 5.27. The first-order valence-electron chi connectivity index (χ1n) is 12.2. The second-order valence-electron chi connectivity index (χ2n) is 9.63. The molecule has 2 unspecified atom stereocenters. The Morgan fingerprint density at radius 2 is 1.92 bits per heavy atom. The number of amides is 1. The van der Waals surface area contributed by atoms with E-state index < -0.39 is 11.7 Å². The summed E-state index contributed by atoms with van der Waals surface area (Å²) >= 11 is 7.09. The summed E-state index contributed by atoms with van der Waals surface area (Å²) in [5.74, 6) is 0.646. The van der Waals surface area contributed by atoms with Crippen LogP contribution in [0.25, 0.3) is 17.0 Å². The van der Waals surface area contributed by atoms with Gasteiger partial charge in [0.25, 0.3) is 5.91 Å². The fourth-order valence-electron chi connectivity index (χ4n) is 4.28. The molecule has 0 saturated carbocycles. The summed E-state index contributed by atoms with van der Waals surface area (Å²) in [5.41, 5.74) is 0.743. The first kappa shape index (κ1) is 28.2. The molecule has 2 aromatic carbocycles. The number of benzene rings is 2. The minimum atomic E-state index is -4.52. The monoisotopic (exact) mass is 563 g/mol. The number of nitrogens with zero attached hydrogens (tertiary/aromatic N) is 3. The smallest absolute Gasteiger partial charge is 0.363 e. The summed E-state index contributed by atoms with van der Waals surface area (Å²) in [6.07, 6.45) is -1.17. The van der Waals surface area contributed by atoms with Gasteiger partial charge in [-0.3, -0.25) is 9.48 Å². The Balaban J connectivity index is 1.48. The minimum Gasteiger partial charge on any atom is -0.363 e. The van der Waals surface area contributed by atoms with Crippen LogP contribution in [0.1, 0.15) is 37.5 Å². The predicted molar refractivity (Wildman–Crippen MR) is 148 cm³/mol. The molecule has 0 fully saturated rings. The largest absolute Gasteiger partial charge is 0.416 e. The van der Waals surface area contributed by atoms with Gasteiger partial charge in [-0.15, -0.1) is 0 Å². The summed E-state index contributed by atoms with van der Waals surface area (Å²) in [5, 5.41) is 12.2. The number of likely N-dealkylation sites (N-methyl/N-ethyl adjacent to an activating group) is 1. The summed E-state index contributed by atoms with van der Waals surface area (Å²) in [7, 11) is 1.92. The number of rotatable bonds is 8. The average Bonchev–Trinajstić information content (AvgIpc) is 3.42. The first-order valence-corrected chi connectivity index (χ1v) is 13.4. The Morgan fingerprint density at radius 3 is 2.61 bits per heavy atom. The van der Waals surface area contributed by atoms with Gasteiger partial charge in [-0.2, -0.15) is 23.3 Å². The van der Waals surface area contributed by atoms with Crippen molar-refractivity contribution in [1.29, 1.82) is 0 Å². The van der Waals surface area contributed by atoms with Gasteiger partial charge in [-0.25, -0.2) is 0 Å². The summed E-state index contributed by atoms with van der Waals surface area (Å²) in [4.78, 5) is 17.1. The number of aromatic nitrogens is 2. The van der Waals surface area contributed by atoms with Crippen LogP contribution in [-0.4, -0.2) is 40.5 Å². The van der Waals surface area contributed by atoms with E-state index in [2.05, 4.69) is 41.5 Å². The molecule has 1 aromatic heterocycles. The van der Waals surface area contributed by atoms with Crippen molar-refractivity contribution >= 4 is 51.4 Å². The van der Waals surface area contributed by atoms with Crippen molar-refractivity contribution in [2.24, 2.45) is 16.8 Å². The second kappa shape index (κ2) is 11.5. The number of fused-ring (bicyclic) bond motifs is 1. The van der Waals surface area contributed by atoms with Crippen molar-refractivity contribution in [2.75, 3.05) is 13.6 Å². The van der Waals surface area contributed by atoms with Crippen LogP contribution in [0.2, 0.25) is 5.02 Å². The van der Waals surface area contributed by atoms with E-state index in [4.69, 9.17) is 11.6 Å². The van der Waals surface area contributed by atoms with Crippen molar-refractivity contribution in [3.8, 4) is 0 Å². The SMILES string of the molecule is CNC(CNC1=NC(=O)/C(=C/c2ccc3c(cnn3Cc3ccc(Cl)cc3C(F)(F)F)c2)S1)C(C)C(C)C. The molecule has 3 aromatic rings. The lowest BCUT2D eigenvalue weighted by molar-refractivity contribution is -0.138. The van der Waals surface area contributed by atoms with Gasteiger partial charge in [-0.1, -0.05) is 44.5 Å². The molecule has 2 atom stereocenters. The van der Waals surface area contributed by atoms with E-state index in [1.54, 1.807) is 24.4 Å². The minimum absolute atomic E-state index is 0.0257. The third-order valence-corrected chi connectivity index (χ3v) is 7.99. The van der Waals surface area contributed by atoms with E-state index >= 15 is 0 Å². The zero-order valence-electron chi connectivity index (χ0n) is 21.4. The molecule has 2 N–H and O–H groups in total. The zero-order valence-corrected chi connectivity index (χ0v) is 23.0. The molecule has 0 saturated heterocycles. The number of aliphatic imine (C=N–C) groups is 1. The van der Waals surface area contributed by atoms with E-state index in [0.717, 1.165) is 17.0 Å². The number of hydrogen-bond acceptors (Lipinski definition) is 5. The molecule has 202 valence electrons. The van der Waals surface area contributed by atoms with Crippen molar-refractivity contribution in [3.63, 3.8) is 0 Å². The van der Waals surface area contributed by atoms with Crippen molar-refractivity contribution in [2.45, 2.75) is 39.5 Å². The Hall–Kier alpha value is -2.82. The molecular weight excluding hydrogens is 535 g/mol. The van der Waals surface area contributed by atoms with E-state index in [9.17, 15) is 18.0 Å². The van der Waals surface area contributed by atoms with Gasteiger partial charge in [-0.05, 0) is 72.1 Å². The number of hydrogen-bond donors (Lipinski definition) is 2. The van der Waals surface area contributed by atoms with Crippen LogP contribution in [0.5, 0.6) is 0 Å². The molecule has 2 heterocycles. The lowest BCUT2D eigenvalue weighted by atomic mass is 9.90. The van der Waals surface area contributed by atoms with Crippen LogP contribution in [0, 0.1) is 11.8 Å². The van der Waals surface area contributed by atoms with Crippen LogP contribution < -0.4 is 10.6 Å². The van der Waals surface area contributed by atoms with Gasteiger partial charge in [0.15, 0.2) is 5.17 Å². The molecule has 1 amide bonds. The summed E-state index contributed by atoms with van der Waals surface area (Å²) in [6, 6.07) is 9.41. The molecule has 0 aliphatic carbocycles. The molecule has 4 rings (SSSR count). The van der Waals surface area contributed by atoms with Gasteiger partial charge in [0.2, 0.25) is 0 Å². The number of alkyl halides is 3. The van der Waals surface area contributed by atoms with Gasteiger partial charge in [0, 0.05) is 23.0 Å². The van der Waals surface area contributed by atoms with Crippen LogP contribution >= 0.6 is 23.4 Å². The standard InChI is InChI=1S/C27H29ClF3N5OS/c1-15(2)16(3)22(32-4)13-33-26-35-25(37)24(38-26)10-17-5-8-23-19(9-17)12-34-36(23)14-18-6-7-20(28)11-21(18)27(29,30)31/h5-12,15-16,22,32H,13-14H2,1-4H3,(H,33,35,37)/b24-10-. The zero-order chi connectivity index (χ0) is 27.6. The molecule has 0 spiro atoms. The summed E-state index contributed by atoms with van der Waals surface area (Å²) < 4.78 is 42.0. The Kier molecular flexibility index (Phi) is 8.54. The molecule has 1 aliphatic rings. The van der Waals surface area contributed by atoms with E-state index in [1.165, 1.54) is 28.6 Å². The first-order chi connectivity index (χ1) is 18.0. The van der Waals surface area contributed by atoms with Gasteiger partial charge in [0.05, 0.1) is 28.7 Å². The fraction of sp³-hybridized carbons (Fsp3) is 0.370. The number of amidine groups is 1. The molecule has 0 bridgehead atoms. The second-order valence-corrected chi connectivity index (χ2v) is 11.1. The molecule has 11 heteroatoms. The highest BCUT2D eigenvalue weighted by Gasteiger charge is 2.33. The van der Waals surface area contributed by atoms with Crippen molar-refractivity contribution < 1.29 is 18.0 Å². The average molecular weight is 564 g/mol. The lowest BCUT2D eigenvalue weighted by Crippen LogP contribution is -2.44. The van der Waals surface area contributed by atoms with Crippen molar-refractivity contribution in [1.82, 2.24) is 20.4 Å². The number of halogens is 4. The van der Waals surface area contributed by atoms with Crippen LogP contribution in [0.3, 0.4) is 0 Å². The quantitative estimate of drug-likeness (QED) is 0.319. The highest BCUT2D eigenvalue weighted by Crippen LogP contribution is 2.35. The highest BCUT2D eigenvalue weighted by atomic mass is 35.5. The lowest BCUT2D eigenvalue weighted by Gasteiger charge is -2.27. The van der Waals surface area contributed by atoms with Crippen LogP contribution in [0.4, 0.5) is 13.2 Å². The summed E-state index contributed by atoms with van der Waals surface area (Å²) in [6.45, 7) is 7.14. The van der Waals surface area contributed by atoms with Gasteiger partial charge < -0.3 is 10.6 Å². The number of thioether (sulfide) groups is 1. The molecular formula is C27H29ClF3N5OS. The molecule has 38 heavy (non-hydrogen) atoms. The van der Waals surface area contributed by atoms with Crippen LogP contribution in [0.15, 0.2) is 52.5 Å². The number of carbonyl (C=O) groups excluding carboxylic acids is 1. The number of carbonyl (C=O) groups is 1. The Labute approximate surface area is 228 Å². The Bertz CT molecular complexity index is 1400. The maximum absolute atomic E-state index is 13.5. The third kappa shape index (κ3) is 6.42. The van der Waals surface area contributed by atoms with E-state index in [0.29, 0.717) is 34.0 Å². The maximum Gasteiger partial charge on any atom is 0.416 e. The van der Waals surface area contributed by atoms with Crippen LogP contribution in [-0.2, 0) is 17.5 Å².